The molecule has 0 unspecified atom stereocenters. The Kier molecular flexibility index (Phi) is 9.14. The molecular weight excluding hydrogens is 422 g/mol. The maximum absolute atomic E-state index is 9.55. The molecular formula is C27H35N7. The van der Waals surface area contributed by atoms with Crippen molar-refractivity contribution < 1.29 is 0 Å². The predicted molar refractivity (Wildman–Crippen MR) is 143 cm³/mol. The average molecular weight is 458 g/mol. The highest BCUT2D eigenvalue weighted by Crippen LogP contribution is 2.30. The van der Waals surface area contributed by atoms with Crippen LogP contribution < -0.4 is 16.4 Å². The molecule has 0 aliphatic heterocycles. The molecule has 0 amide bonds. The molecule has 0 saturated carbocycles. The number of likely N-dealkylation sites (N-methyl/N-ethyl adjacent to an activating group) is 1. The predicted octanol–water partition coefficient (Wildman–Crippen LogP) is 4.79. The molecule has 0 radical (unpaired) electrons. The Morgan fingerprint density at radius 1 is 1.21 bits per heavy atom. The van der Waals surface area contributed by atoms with Crippen molar-refractivity contribution in [2.75, 3.05) is 25.0 Å². The van der Waals surface area contributed by atoms with Crippen molar-refractivity contribution in [3.63, 3.8) is 0 Å². The number of rotatable bonds is 9. The van der Waals surface area contributed by atoms with Gasteiger partial charge >= 0.3 is 0 Å². The van der Waals surface area contributed by atoms with Gasteiger partial charge in [0.1, 0.15) is 11.9 Å². The van der Waals surface area contributed by atoms with E-state index >= 15 is 0 Å². The van der Waals surface area contributed by atoms with Crippen LogP contribution in [0.4, 0.5) is 5.82 Å². The van der Waals surface area contributed by atoms with Crippen LogP contribution in [0.2, 0.25) is 0 Å². The van der Waals surface area contributed by atoms with Crippen molar-refractivity contribution >= 4 is 23.2 Å². The number of aliphatic imine (C=N–C) groups is 1. The number of allylic oxidation sites excluding steroid dienone is 2. The van der Waals surface area contributed by atoms with Gasteiger partial charge in [0, 0.05) is 73.4 Å². The van der Waals surface area contributed by atoms with Gasteiger partial charge in [-0.05, 0) is 37.0 Å². The Hall–Kier alpha value is -3.92. The van der Waals surface area contributed by atoms with E-state index in [1.807, 2.05) is 18.2 Å². The maximum Gasteiger partial charge on any atom is 0.128 e. The number of nitriles is 1. The second-order valence-corrected chi connectivity index (χ2v) is 9.23. The van der Waals surface area contributed by atoms with Gasteiger partial charge in [0.05, 0.1) is 11.3 Å². The third-order valence-corrected chi connectivity index (χ3v) is 5.17. The first-order valence-corrected chi connectivity index (χ1v) is 11.2. The summed E-state index contributed by atoms with van der Waals surface area (Å²) in [5.74, 6) is 0.863. The normalized spacial score (nSPS) is 12.6. The summed E-state index contributed by atoms with van der Waals surface area (Å²) in [6.45, 7) is 14.6. The minimum Gasteiger partial charge on any atom is -0.404 e. The molecule has 7 heteroatoms. The van der Waals surface area contributed by atoms with Crippen LogP contribution in [0.5, 0.6) is 0 Å². The van der Waals surface area contributed by atoms with Crippen LogP contribution in [0.15, 0.2) is 60.1 Å². The molecule has 2 aromatic rings. The molecule has 4 N–H and O–H groups in total. The van der Waals surface area contributed by atoms with Crippen LogP contribution in [0, 0.1) is 16.7 Å². The van der Waals surface area contributed by atoms with E-state index in [2.05, 4.69) is 55.2 Å². The fraction of sp³-hybridized carbons (Fsp3) is 0.333. The van der Waals surface area contributed by atoms with E-state index in [9.17, 15) is 5.26 Å². The molecule has 2 heterocycles. The number of pyridine rings is 2. The first kappa shape index (κ1) is 26.3. The van der Waals surface area contributed by atoms with Crippen molar-refractivity contribution in [3.05, 3.63) is 66.4 Å². The van der Waals surface area contributed by atoms with Crippen molar-refractivity contribution in [2.24, 2.45) is 21.9 Å². The molecule has 0 fully saturated rings. The molecule has 0 atom stereocenters. The zero-order valence-electron chi connectivity index (χ0n) is 20.8. The molecule has 0 aliphatic rings. The lowest BCUT2D eigenvalue weighted by atomic mass is 9.88. The molecule has 0 aromatic carbocycles. The van der Waals surface area contributed by atoms with E-state index in [-0.39, 0.29) is 11.0 Å². The van der Waals surface area contributed by atoms with E-state index < -0.39 is 0 Å². The first-order chi connectivity index (χ1) is 16.2. The summed E-state index contributed by atoms with van der Waals surface area (Å²) in [7, 11) is 1.68. The number of hydrogen-bond donors (Lipinski definition) is 2. The third-order valence-electron chi connectivity index (χ3n) is 5.17. The monoisotopic (exact) mass is 457 g/mol. The number of aromatic nitrogens is 2. The van der Waals surface area contributed by atoms with Gasteiger partial charge in [-0.3, -0.25) is 9.98 Å². The smallest absolute Gasteiger partial charge is 0.128 e. The standard InChI is InChI=1S/C27H35N7/c1-7-34(18-19(2)11-27(3,4)5)25-9-8-20(16-32-25)24-10-21(23(14-30)15-31-6)17-33-26(24)22(12-28)13-29/h8-10,12,14-17H,2,7,11,18,28,30H2,1,3-6H3. The van der Waals surface area contributed by atoms with Crippen molar-refractivity contribution in [1.29, 1.82) is 5.26 Å². The fourth-order valence-electron chi connectivity index (χ4n) is 3.74. The lowest BCUT2D eigenvalue weighted by molar-refractivity contribution is 0.407. The van der Waals surface area contributed by atoms with Gasteiger partial charge in [-0.1, -0.05) is 32.9 Å². The number of nitrogens with two attached hydrogens (primary N) is 2. The first-order valence-electron chi connectivity index (χ1n) is 11.2. The largest absolute Gasteiger partial charge is 0.404 e. The van der Waals surface area contributed by atoms with Gasteiger partial charge < -0.3 is 16.4 Å². The summed E-state index contributed by atoms with van der Waals surface area (Å²) in [6, 6.07) is 7.99. The minimum atomic E-state index is 0.191. The van der Waals surface area contributed by atoms with Gasteiger partial charge in [-0.25, -0.2) is 4.98 Å². The topological polar surface area (TPSA) is 117 Å². The average Bonchev–Trinajstić information content (AvgIpc) is 2.81. The molecule has 0 saturated heterocycles. The number of anilines is 1. The van der Waals surface area contributed by atoms with Crippen LogP contribution in [-0.2, 0) is 0 Å². The summed E-state index contributed by atoms with van der Waals surface area (Å²) in [4.78, 5) is 15.5. The lowest BCUT2D eigenvalue weighted by Crippen LogP contribution is -2.27. The Labute approximate surface area is 203 Å². The van der Waals surface area contributed by atoms with Crippen LogP contribution in [0.25, 0.3) is 22.3 Å². The minimum absolute atomic E-state index is 0.191. The van der Waals surface area contributed by atoms with E-state index in [0.717, 1.165) is 47.6 Å². The van der Waals surface area contributed by atoms with E-state index in [1.54, 1.807) is 25.7 Å². The number of nitrogens with zero attached hydrogens (tertiary/aromatic N) is 5. The third kappa shape index (κ3) is 6.79. The molecule has 178 valence electrons. The van der Waals surface area contributed by atoms with Crippen molar-refractivity contribution in [1.82, 2.24) is 9.97 Å². The molecule has 0 aliphatic carbocycles. The van der Waals surface area contributed by atoms with E-state index in [0.29, 0.717) is 5.69 Å². The van der Waals surface area contributed by atoms with E-state index in [1.165, 1.54) is 18.0 Å². The van der Waals surface area contributed by atoms with Crippen LogP contribution >= 0.6 is 0 Å². The molecule has 0 bridgehead atoms. The SMILES string of the molecule is C=C(CN(CC)c1ccc(-c2cc(C(C=NC)=CN)cnc2C(C#N)=CN)cn1)CC(C)(C)C. The molecule has 0 spiro atoms. The summed E-state index contributed by atoms with van der Waals surface area (Å²) >= 11 is 0. The fourth-order valence-corrected chi connectivity index (χ4v) is 3.74. The molecule has 2 rings (SSSR count). The second-order valence-electron chi connectivity index (χ2n) is 9.23. The second kappa shape index (κ2) is 11.8. The molecule has 34 heavy (non-hydrogen) atoms. The van der Waals surface area contributed by atoms with Gasteiger partial charge in [-0.15, -0.1) is 0 Å². The van der Waals surface area contributed by atoms with Crippen molar-refractivity contribution in [2.45, 2.75) is 34.1 Å². The van der Waals surface area contributed by atoms with Crippen LogP contribution in [0.3, 0.4) is 0 Å². The molecule has 7 nitrogen and oxygen atoms in total. The zero-order chi connectivity index (χ0) is 25.3. The zero-order valence-corrected chi connectivity index (χ0v) is 20.8. The molecule has 2 aromatic heterocycles. The number of hydrogen-bond acceptors (Lipinski definition) is 7. The Morgan fingerprint density at radius 3 is 2.44 bits per heavy atom. The summed E-state index contributed by atoms with van der Waals surface area (Å²) in [5, 5.41) is 9.55. The van der Waals surface area contributed by atoms with Crippen LogP contribution in [-0.4, -0.2) is 36.3 Å². The Bertz CT molecular complexity index is 1130. The van der Waals surface area contributed by atoms with Gasteiger partial charge in [0.15, 0.2) is 0 Å². The van der Waals surface area contributed by atoms with Gasteiger partial charge in [0.2, 0.25) is 0 Å². The highest BCUT2D eigenvalue weighted by atomic mass is 15.2. The van der Waals surface area contributed by atoms with E-state index in [4.69, 9.17) is 16.5 Å². The summed E-state index contributed by atoms with van der Waals surface area (Å²) < 4.78 is 0. The Morgan fingerprint density at radius 2 is 1.94 bits per heavy atom. The highest BCUT2D eigenvalue weighted by molar-refractivity contribution is 6.10. The Balaban J connectivity index is 2.48. The van der Waals surface area contributed by atoms with Crippen LogP contribution in [0.1, 0.15) is 45.4 Å². The quantitative estimate of drug-likeness (QED) is 0.318. The highest BCUT2D eigenvalue weighted by Gasteiger charge is 2.17. The lowest BCUT2D eigenvalue weighted by Gasteiger charge is -2.26. The van der Waals surface area contributed by atoms with Gasteiger partial charge in [0.25, 0.3) is 0 Å². The maximum atomic E-state index is 9.55. The summed E-state index contributed by atoms with van der Waals surface area (Å²) in [6.07, 6.45) is 8.79. The summed E-state index contributed by atoms with van der Waals surface area (Å²) in [5.41, 5.74) is 16.7. The van der Waals surface area contributed by atoms with Crippen molar-refractivity contribution in [3.8, 4) is 17.2 Å². The van der Waals surface area contributed by atoms with Gasteiger partial charge in [-0.2, -0.15) is 5.26 Å².